The molecule has 1 aromatic rings. The van der Waals surface area contributed by atoms with E-state index in [0.29, 0.717) is 10.9 Å². The van der Waals surface area contributed by atoms with Gasteiger partial charge in [-0.15, -0.1) is 11.8 Å². The molecule has 5 heteroatoms. The van der Waals surface area contributed by atoms with Crippen molar-refractivity contribution in [1.29, 1.82) is 0 Å². The molecule has 1 aromatic carbocycles. The third-order valence-electron chi connectivity index (χ3n) is 3.12. The smallest absolute Gasteiger partial charge is 0.136 e. The highest BCUT2D eigenvalue weighted by Gasteiger charge is 2.20. The van der Waals surface area contributed by atoms with Crippen LogP contribution in [0, 0.1) is 0 Å². The van der Waals surface area contributed by atoms with Gasteiger partial charge in [0.25, 0.3) is 0 Å². The van der Waals surface area contributed by atoms with Crippen LogP contribution in [0.15, 0.2) is 17.0 Å². The van der Waals surface area contributed by atoms with Gasteiger partial charge in [-0.1, -0.05) is 34.6 Å². The predicted molar refractivity (Wildman–Crippen MR) is 87.4 cm³/mol. The first-order chi connectivity index (χ1) is 9.52. The van der Waals surface area contributed by atoms with Crippen LogP contribution in [0.2, 0.25) is 0 Å². The summed E-state index contributed by atoms with van der Waals surface area (Å²) >= 11 is 1.72. The number of amides is 1. The number of hydrogen-bond acceptors (Lipinski definition) is 4. The van der Waals surface area contributed by atoms with Crippen LogP contribution >= 0.6 is 11.8 Å². The topological polar surface area (TPSA) is 69.4 Å². The minimum atomic E-state index is -1.19. The van der Waals surface area contributed by atoms with E-state index in [4.69, 9.17) is 5.73 Å². The van der Waals surface area contributed by atoms with Gasteiger partial charge in [-0.05, 0) is 28.7 Å². The molecule has 1 rings (SSSR count). The summed E-state index contributed by atoms with van der Waals surface area (Å²) in [7, 11) is 1.51. The summed E-state index contributed by atoms with van der Waals surface area (Å²) < 4.78 is 0. The van der Waals surface area contributed by atoms with Crippen molar-refractivity contribution < 1.29 is 9.90 Å². The van der Waals surface area contributed by atoms with Crippen LogP contribution in [0.25, 0.3) is 0 Å². The van der Waals surface area contributed by atoms with Crippen LogP contribution in [-0.4, -0.2) is 23.3 Å². The summed E-state index contributed by atoms with van der Waals surface area (Å²) in [5.41, 5.74) is 8.84. The zero-order valence-corrected chi connectivity index (χ0v) is 14.5. The Bertz CT molecular complexity index is 522. The van der Waals surface area contributed by atoms with Crippen LogP contribution in [0.3, 0.4) is 0 Å². The van der Waals surface area contributed by atoms with Gasteiger partial charge in [0.05, 0.1) is 0 Å². The molecule has 21 heavy (non-hydrogen) atoms. The van der Waals surface area contributed by atoms with Crippen LogP contribution in [0.1, 0.15) is 45.7 Å². The largest absolute Gasteiger partial charge is 0.530 e. The number of nitrogens with two attached hydrogens (primary N) is 1. The first-order valence-corrected chi connectivity index (χ1v) is 7.92. The quantitative estimate of drug-likeness (QED) is 0.686. The fraction of sp³-hybridized carbons (Fsp3) is 0.562. The van der Waals surface area contributed by atoms with Gasteiger partial charge < -0.3 is 20.5 Å². The van der Waals surface area contributed by atoms with Gasteiger partial charge in [0.1, 0.15) is 6.09 Å². The summed E-state index contributed by atoms with van der Waals surface area (Å²) in [6.07, 6.45) is -1.19. The average Bonchev–Trinajstić information content (AvgIpc) is 2.30. The summed E-state index contributed by atoms with van der Waals surface area (Å²) in [4.78, 5) is 13.2. The van der Waals surface area contributed by atoms with Gasteiger partial charge in [-0.2, -0.15) is 0 Å². The van der Waals surface area contributed by atoms with Crippen LogP contribution in [0.4, 0.5) is 10.5 Å². The number of carbonyl (C=O) groups is 1. The van der Waals surface area contributed by atoms with Crippen molar-refractivity contribution in [2.45, 2.75) is 56.7 Å². The second-order valence-electron chi connectivity index (χ2n) is 6.59. The van der Waals surface area contributed by atoms with Gasteiger partial charge in [0.2, 0.25) is 0 Å². The van der Waals surface area contributed by atoms with Crippen molar-refractivity contribution in [1.82, 2.24) is 4.90 Å². The molecule has 0 bridgehead atoms. The number of rotatable bonds is 4. The van der Waals surface area contributed by atoms with Gasteiger partial charge in [0.15, 0.2) is 0 Å². The lowest BCUT2D eigenvalue weighted by atomic mass is 9.85. The molecule has 0 aliphatic carbocycles. The number of benzene rings is 1. The van der Waals surface area contributed by atoms with Crippen molar-refractivity contribution in [3.63, 3.8) is 0 Å². The Kier molecular flexibility index (Phi) is 5.56. The number of thioether (sulfide) groups is 1. The molecule has 0 saturated heterocycles. The number of nitrogen functional groups attached to an aromatic ring is 1. The van der Waals surface area contributed by atoms with E-state index >= 15 is 0 Å². The van der Waals surface area contributed by atoms with E-state index in [-0.39, 0.29) is 12.0 Å². The molecular formula is C16H25N2O2S-. The molecule has 0 aromatic heterocycles. The fourth-order valence-electron chi connectivity index (χ4n) is 2.10. The lowest BCUT2D eigenvalue weighted by Gasteiger charge is -2.26. The van der Waals surface area contributed by atoms with E-state index in [2.05, 4.69) is 40.7 Å². The molecular weight excluding hydrogens is 284 g/mol. The predicted octanol–water partition coefficient (Wildman–Crippen LogP) is 2.84. The van der Waals surface area contributed by atoms with Crippen molar-refractivity contribution >= 4 is 23.5 Å². The SMILES string of the molecule is CC(C)Sc1cc(C(C)(C)C)c(N)cc1CN(C)C(=O)[O-]. The Morgan fingerprint density at radius 1 is 1.38 bits per heavy atom. The molecule has 0 saturated carbocycles. The van der Waals surface area contributed by atoms with E-state index in [1.807, 2.05) is 6.07 Å². The van der Waals surface area contributed by atoms with Gasteiger partial charge in [0, 0.05) is 29.4 Å². The van der Waals surface area contributed by atoms with Crippen molar-refractivity contribution in [2.24, 2.45) is 0 Å². The molecule has 0 aliphatic heterocycles. The van der Waals surface area contributed by atoms with Gasteiger partial charge >= 0.3 is 0 Å². The number of carboxylic acid groups (broad SMARTS) is 1. The normalized spacial score (nSPS) is 11.8. The zero-order chi connectivity index (χ0) is 16.4. The number of anilines is 1. The molecule has 0 heterocycles. The Hall–Kier alpha value is -1.36. The van der Waals surface area contributed by atoms with Crippen molar-refractivity contribution in [3.8, 4) is 0 Å². The second kappa shape index (κ2) is 6.60. The molecule has 0 atom stereocenters. The summed E-state index contributed by atoms with van der Waals surface area (Å²) in [5, 5.41) is 11.3. The maximum Gasteiger partial charge on any atom is 0.136 e. The first kappa shape index (κ1) is 17.7. The number of hydrogen-bond donors (Lipinski definition) is 1. The molecule has 0 radical (unpaired) electrons. The zero-order valence-electron chi connectivity index (χ0n) is 13.7. The third-order valence-corrected chi connectivity index (χ3v) is 4.23. The molecule has 4 nitrogen and oxygen atoms in total. The highest BCUT2D eigenvalue weighted by molar-refractivity contribution is 8.00. The molecule has 0 spiro atoms. The highest BCUT2D eigenvalue weighted by Crippen LogP contribution is 2.36. The van der Waals surface area contributed by atoms with Crippen LogP contribution in [-0.2, 0) is 12.0 Å². The maximum absolute atomic E-state index is 10.9. The van der Waals surface area contributed by atoms with Crippen LogP contribution < -0.4 is 10.8 Å². The molecule has 1 amide bonds. The van der Waals surface area contributed by atoms with Crippen molar-refractivity contribution in [3.05, 3.63) is 23.3 Å². The summed E-state index contributed by atoms with van der Waals surface area (Å²) in [5.74, 6) is 0. The van der Waals surface area contributed by atoms with Crippen LogP contribution in [0.5, 0.6) is 0 Å². The maximum atomic E-state index is 10.9. The Morgan fingerprint density at radius 3 is 2.38 bits per heavy atom. The summed E-state index contributed by atoms with van der Waals surface area (Å²) in [6.45, 7) is 10.9. The van der Waals surface area contributed by atoms with Crippen molar-refractivity contribution in [2.75, 3.05) is 12.8 Å². The lowest BCUT2D eigenvalue weighted by molar-refractivity contribution is -0.264. The minimum absolute atomic E-state index is 0.0465. The Labute approximate surface area is 131 Å². The van der Waals surface area contributed by atoms with E-state index < -0.39 is 6.09 Å². The Morgan fingerprint density at radius 2 is 1.95 bits per heavy atom. The number of nitrogens with zero attached hydrogens (tertiary/aromatic N) is 1. The lowest BCUT2D eigenvalue weighted by Crippen LogP contribution is -2.37. The van der Waals surface area contributed by atoms with Gasteiger partial charge in [-0.3, -0.25) is 0 Å². The average molecular weight is 309 g/mol. The van der Waals surface area contributed by atoms with E-state index in [1.165, 1.54) is 7.05 Å². The third kappa shape index (κ3) is 4.84. The number of carbonyl (C=O) groups excluding carboxylic acids is 1. The standard InChI is InChI=1S/C16H26N2O2S/c1-10(2)21-14-8-12(16(3,4)5)13(17)7-11(14)9-18(6)15(19)20/h7-8,10H,9,17H2,1-6H3,(H,19,20)/p-1. The van der Waals surface area contributed by atoms with E-state index in [0.717, 1.165) is 20.9 Å². The first-order valence-electron chi connectivity index (χ1n) is 7.04. The monoisotopic (exact) mass is 309 g/mol. The van der Waals surface area contributed by atoms with E-state index in [1.54, 1.807) is 11.8 Å². The molecule has 118 valence electrons. The molecule has 0 aliphatic rings. The molecule has 2 N–H and O–H groups in total. The Balaban J connectivity index is 3.29. The molecule has 0 unspecified atom stereocenters. The summed E-state index contributed by atoms with van der Waals surface area (Å²) in [6, 6.07) is 3.99. The second-order valence-corrected chi connectivity index (χ2v) is 8.20. The minimum Gasteiger partial charge on any atom is -0.530 e. The highest BCUT2D eigenvalue weighted by atomic mass is 32.2. The fourth-order valence-corrected chi connectivity index (χ4v) is 3.07. The van der Waals surface area contributed by atoms with E-state index in [9.17, 15) is 9.90 Å². The molecule has 0 fully saturated rings. The van der Waals surface area contributed by atoms with Gasteiger partial charge in [-0.25, -0.2) is 0 Å².